The lowest BCUT2D eigenvalue weighted by atomic mass is 9.97. The molecule has 1 heterocycles. The Hall–Kier alpha value is -2.98. The Morgan fingerprint density at radius 1 is 1.04 bits per heavy atom. The zero-order chi connectivity index (χ0) is 17.9. The number of hydrogen-bond donors (Lipinski definition) is 0. The van der Waals surface area contributed by atoms with Crippen molar-refractivity contribution in [3.05, 3.63) is 88.7 Å². The van der Waals surface area contributed by atoms with Gasteiger partial charge in [0.25, 0.3) is 0 Å². The van der Waals surface area contributed by atoms with Gasteiger partial charge in [-0.05, 0) is 34.5 Å². The minimum absolute atomic E-state index is 0.590. The Labute approximate surface area is 156 Å². The van der Waals surface area contributed by atoms with E-state index < -0.39 is 0 Å². The van der Waals surface area contributed by atoms with E-state index in [0.717, 1.165) is 16.1 Å². The zero-order valence-electron chi connectivity index (χ0n) is 14.6. The summed E-state index contributed by atoms with van der Waals surface area (Å²) in [5, 5.41) is 11.7. The van der Waals surface area contributed by atoms with Crippen molar-refractivity contribution in [2.75, 3.05) is 6.54 Å². The molecule has 3 nitrogen and oxygen atoms in total. The van der Waals surface area contributed by atoms with Gasteiger partial charge in [-0.15, -0.1) is 17.9 Å². The standard InChI is InChI=1S/C22H19N3S/c1-3-12-23-22-25(16(2)15-26-22)24-14-21-19-10-6-4-8-17(19)13-18-9-5-7-11-20(18)21/h3-11,13-15H,1,12H2,2H3. The van der Waals surface area contributed by atoms with Crippen molar-refractivity contribution in [3.63, 3.8) is 0 Å². The molecule has 0 fully saturated rings. The number of thiazole rings is 1. The maximum atomic E-state index is 4.76. The topological polar surface area (TPSA) is 29.6 Å². The summed E-state index contributed by atoms with van der Waals surface area (Å²) in [6.07, 6.45) is 3.75. The summed E-state index contributed by atoms with van der Waals surface area (Å²) >= 11 is 1.59. The number of aryl methyl sites for hydroxylation is 1. The number of rotatable bonds is 4. The van der Waals surface area contributed by atoms with Gasteiger partial charge in [-0.1, -0.05) is 54.6 Å². The van der Waals surface area contributed by atoms with Crippen LogP contribution in [0, 0.1) is 6.92 Å². The third-order valence-electron chi connectivity index (χ3n) is 4.32. The fourth-order valence-electron chi connectivity index (χ4n) is 3.08. The predicted molar refractivity (Wildman–Crippen MR) is 112 cm³/mol. The average Bonchev–Trinajstić information content (AvgIpc) is 3.03. The second kappa shape index (κ2) is 7.10. The second-order valence-electron chi connectivity index (χ2n) is 6.08. The Bertz CT molecular complexity index is 1140. The molecule has 3 aromatic carbocycles. The van der Waals surface area contributed by atoms with Gasteiger partial charge in [0, 0.05) is 10.9 Å². The fourth-order valence-corrected chi connectivity index (χ4v) is 3.90. The summed E-state index contributed by atoms with van der Waals surface area (Å²) in [6, 6.07) is 19.1. The molecule has 0 aliphatic carbocycles. The van der Waals surface area contributed by atoms with E-state index in [1.807, 2.05) is 17.8 Å². The average molecular weight is 357 g/mol. The van der Waals surface area contributed by atoms with E-state index in [2.05, 4.69) is 71.5 Å². The molecule has 0 amide bonds. The first-order valence-electron chi connectivity index (χ1n) is 8.51. The van der Waals surface area contributed by atoms with Crippen LogP contribution < -0.4 is 4.80 Å². The van der Waals surface area contributed by atoms with E-state index in [0.29, 0.717) is 6.54 Å². The smallest absolute Gasteiger partial charge is 0.206 e. The number of aromatic nitrogens is 1. The van der Waals surface area contributed by atoms with E-state index in [1.165, 1.54) is 21.5 Å². The number of benzene rings is 3. The molecule has 0 spiro atoms. The van der Waals surface area contributed by atoms with Crippen molar-refractivity contribution >= 4 is 39.1 Å². The zero-order valence-corrected chi connectivity index (χ0v) is 15.4. The van der Waals surface area contributed by atoms with E-state index in [1.54, 1.807) is 17.4 Å². The molecule has 128 valence electrons. The van der Waals surface area contributed by atoms with Gasteiger partial charge in [-0.2, -0.15) is 5.10 Å². The van der Waals surface area contributed by atoms with Crippen LogP contribution in [0.1, 0.15) is 11.3 Å². The van der Waals surface area contributed by atoms with Crippen molar-refractivity contribution in [2.45, 2.75) is 6.92 Å². The summed E-state index contributed by atoms with van der Waals surface area (Å²) in [5.74, 6) is 0. The number of nitrogens with zero attached hydrogens (tertiary/aromatic N) is 3. The van der Waals surface area contributed by atoms with Crippen molar-refractivity contribution in [3.8, 4) is 0 Å². The lowest BCUT2D eigenvalue weighted by Crippen LogP contribution is -2.12. The van der Waals surface area contributed by atoms with Gasteiger partial charge >= 0.3 is 0 Å². The molecule has 26 heavy (non-hydrogen) atoms. The number of hydrogen-bond acceptors (Lipinski definition) is 3. The molecule has 0 unspecified atom stereocenters. The van der Waals surface area contributed by atoms with E-state index >= 15 is 0 Å². The molecule has 0 atom stereocenters. The van der Waals surface area contributed by atoms with Crippen LogP contribution in [0.4, 0.5) is 0 Å². The van der Waals surface area contributed by atoms with Crippen LogP contribution in [-0.4, -0.2) is 17.4 Å². The molecule has 0 bridgehead atoms. The monoisotopic (exact) mass is 357 g/mol. The van der Waals surface area contributed by atoms with Gasteiger partial charge in [0.15, 0.2) is 0 Å². The Kier molecular flexibility index (Phi) is 4.50. The van der Waals surface area contributed by atoms with E-state index in [-0.39, 0.29) is 0 Å². The van der Waals surface area contributed by atoms with E-state index in [9.17, 15) is 0 Å². The van der Waals surface area contributed by atoms with Crippen LogP contribution in [0.3, 0.4) is 0 Å². The van der Waals surface area contributed by atoms with Crippen molar-refractivity contribution in [1.29, 1.82) is 0 Å². The molecule has 0 radical (unpaired) electrons. The fraction of sp³-hybridized carbons (Fsp3) is 0.0909. The van der Waals surface area contributed by atoms with Gasteiger partial charge in [-0.25, -0.2) is 4.68 Å². The Balaban J connectivity index is 1.93. The summed E-state index contributed by atoms with van der Waals surface area (Å²) in [6.45, 7) is 6.37. The summed E-state index contributed by atoms with van der Waals surface area (Å²) in [4.78, 5) is 5.41. The molecule has 0 saturated heterocycles. The lowest BCUT2D eigenvalue weighted by Gasteiger charge is -2.08. The minimum Gasteiger partial charge on any atom is -0.253 e. The van der Waals surface area contributed by atoms with Crippen LogP contribution in [0.15, 0.2) is 82.7 Å². The third-order valence-corrected chi connectivity index (χ3v) is 5.29. The largest absolute Gasteiger partial charge is 0.253 e. The first kappa shape index (κ1) is 16.5. The lowest BCUT2D eigenvalue weighted by molar-refractivity contribution is 0.799. The normalized spacial score (nSPS) is 12.4. The number of fused-ring (bicyclic) bond motifs is 2. The van der Waals surface area contributed by atoms with Gasteiger partial charge in [-0.3, -0.25) is 4.99 Å². The van der Waals surface area contributed by atoms with Crippen molar-refractivity contribution < 1.29 is 0 Å². The third kappa shape index (κ3) is 3.00. The van der Waals surface area contributed by atoms with Crippen LogP contribution in [0.5, 0.6) is 0 Å². The minimum atomic E-state index is 0.590. The van der Waals surface area contributed by atoms with Crippen LogP contribution in [-0.2, 0) is 0 Å². The quantitative estimate of drug-likeness (QED) is 0.275. The highest BCUT2D eigenvalue weighted by Crippen LogP contribution is 2.27. The highest BCUT2D eigenvalue weighted by Gasteiger charge is 2.06. The van der Waals surface area contributed by atoms with Crippen LogP contribution in [0.25, 0.3) is 21.5 Å². The summed E-state index contributed by atoms with van der Waals surface area (Å²) < 4.78 is 1.89. The van der Waals surface area contributed by atoms with Gasteiger partial charge < -0.3 is 0 Å². The molecule has 0 saturated carbocycles. The molecular formula is C22H19N3S. The molecule has 4 rings (SSSR count). The SMILES string of the molecule is C=CCN=c1scc(C)n1N=Cc1c2ccccc2cc2ccccc12. The molecule has 0 aliphatic heterocycles. The van der Waals surface area contributed by atoms with Gasteiger partial charge in [0.2, 0.25) is 4.80 Å². The second-order valence-corrected chi connectivity index (χ2v) is 6.91. The maximum absolute atomic E-state index is 4.76. The van der Waals surface area contributed by atoms with E-state index in [4.69, 9.17) is 5.10 Å². The van der Waals surface area contributed by atoms with Crippen LogP contribution >= 0.6 is 11.3 Å². The maximum Gasteiger partial charge on any atom is 0.206 e. The molecular weight excluding hydrogens is 338 g/mol. The molecule has 0 N–H and O–H groups in total. The Morgan fingerprint density at radius 3 is 2.35 bits per heavy atom. The highest BCUT2D eigenvalue weighted by molar-refractivity contribution is 7.07. The molecule has 1 aromatic heterocycles. The highest BCUT2D eigenvalue weighted by atomic mass is 32.1. The van der Waals surface area contributed by atoms with Gasteiger partial charge in [0.05, 0.1) is 18.5 Å². The molecule has 4 heteroatoms. The first-order chi connectivity index (χ1) is 12.8. The predicted octanol–water partition coefficient (Wildman–Crippen LogP) is 5.13. The molecule has 4 aromatic rings. The molecule has 0 aliphatic rings. The first-order valence-corrected chi connectivity index (χ1v) is 9.39. The van der Waals surface area contributed by atoms with Crippen molar-refractivity contribution in [2.24, 2.45) is 10.1 Å². The summed E-state index contributed by atoms with van der Waals surface area (Å²) in [7, 11) is 0. The summed E-state index contributed by atoms with van der Waals surface area (Å²) in [5.41, 5.74) is 2.20. The Morgan fingerprint density at radius 2 is 1.69 bits per heavy atom. The van der Waals surface area contributed by atoms with Crippen molar-refractivity contribution in [1.82, 2.24) is 4.68 Å². The van der Waals surface area contributed by atoms with Crippen LogP contribution in [0.2, 0.25) is 0 Å². The van der Waals surface area contributed by atoms with Gasteiger partial charge in [0.1, 0.15) is 0 Å².